The van der Waals surface area contributed by atoms with E-state index in [0.29, 0.717) is 6.54 Å². The Morgan fingerprint density at radius 3 is 1.89 bits per heavy atom. The molecule has 9 heavy (non-hydrogen) atoms. The van der Waals surface area contributed by atoms with Crippen molar-refractivity contribution in [2.75, 3.05) is 20.6 Å². The monoisotopic (exact) mass is 156 g/mol. The molecule has 0 saturated heterocycles. The summed E-state index contributed by atoms with van der Waals surface area (Å²) in [5.74, 6) is -0.287. The van der Waals surface area contributed by atoms with Gasteiger partial charge in [-0.1, -0.05) is 0 Å². The SMILES string of the molecule is CN(C)CC(N)=O.Cl.O. The van der Waals surface area contributed by atoms with Gasteiger partial charge in [0.2, 0.25) is 5.91 Å². The van der Waals surface area contributed by atoms with E-state index in [4.69, 9.17) is 5.73 Å². The number of nitrogens with zero attached hydrogens (tertiary/aromatic N) is 1. The molecule has 0 aromatic rings. The Bertz CT molecular complexity index is 77.0. The van der Waals surface area contributed by atoms with Crippen LogP contribution in [0.15, 0.2) is 0 Å². The molecule has 0 spiro atoms. The highest BCUT2D eigenvalue weighted by atomic mass is 35.5. The van der Waals surface area contributed by atoms with E-state index < -0.39 is 0 Å². The van der Waals surface area contributed by atoms with Crippen LogP contribution in [0.5, 0.6) is 0 Å². The van der Waals surface area contributed by atoms with Crippen LogP contribution in [0.25, 0.3) is 0 Å². The predicted molar refractivity (Wildman–Crippen MR) is 38.6 cm³/mol. The smallest absolute Gasteiger partial charge is 0.231 e. The molecule has 4 N–H and O–H groups in total. The summed E-state index contributed by atoms with van der Waals surface area (Å²) in [5, 5.41) is 0. The van der Waals surface area contributed by atoms with Gasteiger partial charge in [-0.2, -0.15) is 0 Å². The number of primary amides is 1. The van der Waals surface area contributed by atoms with E-state index in [0.717, 1.165) is 0 Å². The number of likely N-dealkylation sites (N-methyl/N-ethyl adjacent to an activating group) is 1. The Morgan fingerprint density at radius 2 is 1.89 bits per heavy atom. The molecule has 0 fully saturated rings. The lowest BCUT2D eigenvalue weighted by atomic mass is 10.6. The molecule has 0 aromatic heterocycles. The molecule has 0 aromatic carbocycles. The molecule has 4 nitrogen and oxygen atoms in total. The van der Waals surface area contributed by atoms with Crippen molar-refractivity contribution in [3.05, 3.63) is 0 Å². The van der Waals surface area contributed by atoms with Gasteiger partial charge in [0, 0.05) is 0 Å². The third-order valence-electron chi connectivity index (χ3n) is 0.472. The lowest BCUT2D eigenvalue weighted by Gasteiger charge is -2.02. The van der Waals surface area contributed by atoms with Gasteiger partial charge in [-0.25, -0.2) is 0 Å². The Hall–Kier alpha value is -0.320. The number of halogens is 1. The van der Waals surface area contributed by atoms with Crippen molar-refractivity contribution >= 4 is 18.3 Å². The summed E-state index contributed by atoms with van der Waals surface area (Å²) in [6.07, 6.45) is 0. The Balaban J connectivity index is -0.000000180. The van der Waals surface area contributed by atoms with Gasteiger partial charge >= 0.3 is 0 Å². The van der Waals surface area contributed by atoms with Gasteiger partial charge in [0.1, 0.15) is 0 Å². The van der Waals surface area contributed by atoms with Gasteiger partial charge in [0.25, 0.3) is 0 Å². The van der Waals surface area contributed by atoms with Crippen LogP contribution >= 0.6 is 12.4 Å². The molecule has 0 aliphatic carbocycles. The predicted octanol–water partition coefficient (Wildman–Crippen LogP) is -1.37. The van der Waals surface area contributed by atoms with E-state index >= 15 is 0 Å². The van der Waals surface area contributed by atoms with E-state index in [2.05, 4.69) is 0 Å². The first-order valence-corrected chi connectivity index (χ1v) is 2.06. The minimum Gasteiger partial charge on any atom is -0.412 e. The van der Waals surface area contributed by atoms with Crippen molar-refractivity contribution in [2.45, 2.75) is 0 Å². The normalized spacial score (nSPS) is 7.44. The van der Waals surface area contributed by atoms with E-state index in [1.165, 1.54) is 0 Å². The highest BCUT2D eigenvalue weighted by Gasteiger charge is 1.92. The second kappa shape index (κ2) is 7.68. The average molecular weight is 157 g/mol. The van der Waals surface area contributed by atoms with Crippen LogP contribution in [0.1, 0.15) is 0 Å². The van der Waals surface area contributed by atoms with Gasteiger partial charge in [0.05, 0.1) is 6.54 Å². The quantitative estimate of drug-likeness (QED) is 0.536. The molecule has 0 rings (SSSR count). The largest absolute Gasteiger partial charge is 0.412 e. The zero-order chi connectivity index (χ0) is 5.86. The summed E-state index contributed by atoms with van der Waals surface area (Å²) in [7, 11) is 3.59. The van der Waals surface area contributed by atoms with Gasteiger partial charge in [0.15, 0.2) is 0 Å². The van der Waals surface area contributed by atoms with Gasteiger partial charge in [-0.05, 0) is 14.1 Å². The summed E-state index contributed by atoms with van der Waals surface area (Å²) in [4.78, 5) is 11.7. The maximum absolute atomic E-state index is 9.99. The number of hydrogen-bond donors (Lipinski definition) is 1. The molecular formula is C4H13ClN2O2. The lowest BCUT2D eigenvalue weighted by Crippen LogP contribution is -2.27. The standard InChI is InChI=1S/C4H10N2O.ClH.H2O/c1-6(2)3-4(5)7;;/h3H2,1-2H3,(H2,5,7);1H;1H2. The summed E-state index contributed by atoms with van der Waals surface area (Å²) in [5.41, 5.74) is 4.81. The maximum atomic E-state index is 9.99. The van der Waals surface area contributed by atoms with E-state index in [9.17, 15) is 4.79 Å². The maximum Gasteiger partial charge on any atom is 0.231 e. The number of rotatable bonds is 2. The molecule has 0 heterocycles. The Labute approximate surface area is 60.7 Å². The van der Waals surface area contributed by atoms with Crippen molar-refractivity contribution in [3.63, 3.8) is 0 Å². The molecule has 58 valence electrons. The zero-order valence-corrected chi connectivity index (χ0v) is 6.36. The number of carbonyl (C=O) groups excluding carboxylic acids is 1. The first-order chi connectivity index (χ1) is 3.13. The number of carbonyl (C=O) groups is 1. The molecule has 0 radical (unpaired) electrons. The van der Waals surface area contributed by atoms with Crippen molar-refractivity contribution in [3.8, 4) is 0 Å². The molecule has 5 heteroatoms. The highest BCUT2D eigenvalue weighted by molar-refractivity contribution is 5.85. The van der Waals surface area contributed by atoms with Crippen molar-refractivity contribution < 1.29 is 10.3 Å². The van der Waals surface area contributed by atoms with Crippen LogP contribution in [-0.4, -0.2) is 36.9 Å². The van der Waals surface area contributed by atoms with Crippen molar-refractivity contribution in [1.29, 1.82) is 0 Å². The number of amides is 1. The van der Waals surface area contributed by atoms with Crippen molar-refractivity contribution in [1.82, 2.24) is 4.90 Å². The van der Waals surface area contributed by atoms with Gasteiger partial charge in [-0.15, -0.1) is 12.4 Å². The fourth-order valence-corrected chi connectivity index (χ4v) is 0.312. The van der Waals surface area contributed by atoms with Crippen molar-refractivity contribution in [2.24, 2.45) is 5.73 Å². The fraction of sp³-hybridized carbons (Fsp3) is 0.750. The third kappa shape index (κ3) is 18.3. The van der Waals surface area contributed by atoms with Crippen LogP contribution in [0.3, 0.4) is 0 Å². The summed E-state index contributed by atoms with van der Waals surface area (Å²) in [6, 6.07) is 0. The van der Waals surface area contributed by atoms with Crippen LogP contribution in [0.4, 0.5) is 0 Å². The summed E-state index contributed by atoms with van der Waals surface area (Å²) >= 11 is 0. The van der Waals surface area contributed by atoms with Crippen LogP contribution in [0, 0.1) is 0 Å². The molecule has 0 atom stereocenters. The second-order valence-electron chi connectivity index (χ2n) is 1.70. The molecule has 1 amide bonds. The molecule has 0 aliphatic heterocycles. The summed E-state index contributed by atoms with van der Waals surface area (Å²) in [6.45, 7) is 0.333. The summed E-state index contributed by atoms with van der Waals surface area (Å²) < 4.78 is 0. The molecule has 0 unspecified atom stereocenters. The Morgan fingerprint density at radius 1 is 1.56 bits per heavy atom. The number of nitrogens with two attached hydrogens (primary N) is 1. The zero-order valence-electron chi connectivity index (χ0n) is 5.55. The van der Waals surface area contributed by atoms with Gasteiger partial charge in [-0.3, -0.25) is 4.79 Å². The van der Waals surface area contributed by atoms with E-state index in [1.807, 2.05) is 0 Å². The first kappa shape index (κ1) is 15.9. The molecule has 0 saturated carbocycles. The van der Waals surface area contributed by atoms with E-state index in [1.54, 1.807) is 19.0 Å². The van der Waals surface area contributed by atoms with Crippen LogP contribution in [0.2, 0.25) is 0 Å². The van der Waals surface area contributed by atoms with Crippen LogP contribution in [-0.2, 0) is 4.79 Å². The minimum atomic E-state index is -0.287. The molecular weight excluding hydrogens is 144 g/mol. The topological polar surface area (TPSA) is 77.8 Å². The van der Waals surface area contributed by atoms with E-state index in [-0.39, 0.29) is 23.8 Å². The van der Waals surface area contributed by atoms with Crippen LogP contribution < -0.4 is 5.73 Å². The van der Waals surface area contributed by atoms with Gasteiger partial charge < -0.3 is 16.1 Å². The molecule has 0 bridgehead atoms. The second-order valence-corrected chi connectivity index (χ2v) is 1.70. The lowest BCUT2D eigenvalue weighted by molar-refractivity contribution is -0.118. The third-order valence-corrected chi connectivity index (χ3v) is 0.472. The first-order valence-electron chi connectivity index (χ1n) is 2.06. The fourth-order valence-electron chi connectivity index (χ4n) is 0.312. The Kier molecular flexibility index (Phi) is 13.5. The molecule has 0 aliphatic rings. The minimum absolute atomic E-state index is 0. The highest BCUT2D eigenvalue weighted by Crippen LogP contribution is 1.67. The average Bonchev–Trinajstić information content (AvgIpc) is 1.27. The number of hydrogen-bond acceptors (Lipinski definition) is 2.